The summed E-state index contributed by atoms with van der Waals surface area (Å²) in [5.41, 5.74) is 4.75. The number of benzene rings is 2. The Hall–Kier alpha value is -3.35. The van der Waals surface area contributed by atoms with Gasteiger partial charge in [0.1, 0.15) is 6.61 Å². The Morgan fingerprint density at radius 2 is 1.68 bits per heavy atom. The molecule has 0 saturated heterocycles. The van der Waals surface area contributed by atoms with E-state index in [0.29, 0.717) is 12.8 Å². The van der Waals surface area contributed by atoms with Gasteiger partial charge in [0.25, 0.3) is 0 Å². The maximum Gasteiger partial charge on any atom is 0.407 e. The molecule has 1 unspecified atom stereocenters. The highest BCUT2D eigenvalue weighted by atomic mass is 16.5. The number of carboxylic acid groups (broad SMARTS) is 1. The van der Waals surface area contributed by atoms with Crippen LogP contribution in [-0.2, 0) is 14.3 Å². The Labute approximate surface area is 199 Å². The highest BCUT2D eigenvalue weighted by Gasteiger charge is 2.31. The first-order chi connectivity index (χ1) is 16.4. The molecule has 4 rings (SSSR count). The summed E-state index contributed by atoms with van der Waals surface area (Å²) >= 11 is 0. The van der Waals surface area contributed by atoms with Crippen molar-refractivity contribution < 1.29 is 24.2 Å². The molecular weight excluding hydrogens is 432 g/mol. The molecule has 34 heavy (non-hydrogen) atoms. The van der Waals surface area contributed by atoms with Gasteiger partial charge < -0.3 is 20.5 Å². The average molecular weight is 465 g/mol. The Balaban J connectivity index is 1.22. The summed E-state index contributed by atoms with van der Waals surface area (Å²) in [5.74, 6) is -0.699. The SMILES string of the molecule is CC(CCC(=O)O)NC(=O)C[C@@H]1CC[C@H](NC(=O)OCC2c3ccccc3-c3ccccc32)C1. The second-order valence-electron chi connectivity index (χ2n) is 9.45. The number of amides is 2. The number of fused-ring (bicyclic) bond motifs is 3. The minimum absolute atomic E-state index is 0.00196. The summed E-state index contributed by atoms with van der Waals surface area (Å²) in [7, 11) is 0. The van der Waals surface area contributed by atoms with Crippen molar-refractivity contribution in [1.82, 2.24) is 10.6 Å². The molecule has 0 heterocycles. The van der Waals surface area contributed by atoms with Crippen molar-refractivity contribution in [1.29, 1.82) is 0 Å². The number of ether oxygens (including phenoxy) is 1. The predicted molar refractivity (Wildman–Crippen MR) is 128 cm³/mol. The van der Waals surface area contributed by atoms with E-state index in [4.69, 9.17) is 9.84 Å². The maximum atomic E-state index is 12.5. The predicted octanol–water partition coefficient (Wildman–Crippen LogP) is 4.45. The van der Waals surface area contributed by atoms with Crippen LogP contribution in [0.1, 0.15) is 62.5 Å². The number of aliphatic carboxylic acids is 1. The molecule has 0 spiro atoms. The molecule has 3 atom stereocenters. The van der Waals surface area contributed by atoms with Crippen LogP contribution >= 0.6 is 0 Å². The lowest BCUT2D eigenvalue weighted by Crippen LogP contribution is -2.35. The van der Waals surface area contributed by atoms with Crippen molar-refractivity contribution in [2.24, 2.45) is 5.92 Å². The molecule has 2 amide bonds. The highest BCUT2D eigenvalue weighted by Crippen LogP contribution is 2.44. The van der Waals surface area contributed by atoms with Gasteiger partial charge in [0.05, 0.1) is 0 Å². The van der Waals surface area contributed by atoms with Gasteiger partial charge in [-0.25, -0.2) is 4.79 Å². The van der Waals surface area contributed by atoms with Crippen molar-refractivity contribution >= 4 is 18.0 Å². The van der Waals surface area contributed by atoms with Gasteiger partial charge in [0.15, 0.2) is 0 Å². The monoisotopic (exact) mass is 464 g/mol. The molecule has 0 bridgehead atoms. The third-order valence-electron chi connectivity index (χ3n) is 6.88. The fourth-order valence-corrected chi connectivity index (χ4v) is 5.21. The van der Waals surface area contributed by atoms with Gasteiger partial charge in [-0.15, -0.1) is 0 Å². The minimum Gasteiger partial charge on any atom is -0.481 e. The molecule has 0 aliphatic heterocycles. The van der Waals surface area contributed by atoms with Gasteiger partial charge in [-0.2, -0.15) is 0 Å². The van der Waals surface area contributed by atoms with E-state index in [-0.39, 0.29) is 42.9 Å². The molecule has 2 aliphatic rings. The van der Waals surface area contributed by atoms with Crippen LogP contribution in [0.25, 0.3) is 11.1 Å². The third kappa shape index (κ3) is 5.76. The fourth-order valence-electron chi connectivity index (χ4n) is 5.21. The normalized spacial score (nSPS) is 19.7. The molecule has 2 aliphatic carbocycles. The summed E-state index contributed by atoms with van der Waals surface area (Å²) in [4.78, 5) is 35.4. The largest absolute Gasteiger partial charge is 0.481 e. The van der Waals surface area contributed by atoms with Gasteiger partial charge in [0, 0.05) is 30.8 Å². The van der Waals surface area contributed by atoms with Crippen LogP contribution in [0.4, 0.5) is 4.79 Å². The Morgan fingerprint density at radius 3 is 2.32 bits per heavy atom. The number of carbonyl (C=O) groups is 3. The minimum atomic E-state index is -0.862. The first-order valence-electron chi connectivity index (χ1n) is 12.0. The average Bonchev–Trinajstić information content (AvgIpc) is 3.38. The van der Waals surface area contributed by atoms with Crippen LogP contribution in [0.2, 0.25) is 0 Å². The number of carbonyl (C=O) groups excluding carboxylic acids is 2. The molecule has 180 valence electrons. The number of rotatable bonds is 9. The van der Waals surface area contributed by atoms with E-state index in [1.54, 1.807) is 0 Å². The van der Waals surface area contributed by atoms with E-state index in [1.807, 2.05) is 31.2 Å². The lowest BCUT2D eigenvalue weighted by atomic mass is 9.98. The van der Waals surface area contributed by atoms with Gasteiger partial charge in [0.2, 0.25) is 5.91 Å². The van der Waals surface area contributed by atoms with Crippen molar-refractivity contribution in [2.75, 3.05) is 6.61 Å². The zero-order valence-electron chi connectivity index (χ0n) is 19.5. The summed E-state index contributed by atoms with van der Waals surface area (Å²) in [5, 5.41) is 14.6. The van der Waals surface area contributed by atoms with Crippen molar-refractivity contribution in [3.8, 4) is 11.1 Å². The molecule has 7 heteroatoms. The van der Waals surface area contributed by atoms with Crippen LogP contribution in [0, 0.1) is 5.92 Å². The zero-order chi connectivity index (χ0) is 24.1. The molecule has 0 radical (unpaired) electrons. The summed E-state index contributed by atoms with van der Waals surface area (Å²) in [6, 6.07) is 16.3. The van der Waals surface area contributed by atoms with Crippen LogP contribution < -0.4 is 10.6 Å². The molecule has 3 N–H and O–H groups in total. The third-order valence-corrected chi connectivity index (χ3v) is 6.88. The summed E-state index contributed by atoms with van der Waals surface area (Å²) < 4.78 is 5.64. The lowest BCUT2D eigenvalue weighted by molar-refractivity contribution is -0.137. The number of carboxylic acids is 1. The van der Waals surface area contributed by atoms with Crippen molar-refractivity contribution in [2.45, 2.75) is 63.5 Å². The number of hydrogen-bond acceptors (Lipinski definition) is 4. The maximum absolute atomic E-state index is 12.5. The number of hydrogen-bond donors (Lipinski definition) is 3. The second-order valence-corrected chi connectivity index (χ2v) is 9.45. The first kappa shape index (κ1) is 23.8. The molecule has 1 saturated carbocycles. The lowest BCUT2D eigenvalue weighted by Gasteiger charge is -2.17. The molecule has 7 nitrogen and oxygen atoms in total. The van der Waals surface area contributed by atoms with Gasteiger partial charge in [-0.05, 0) is 60.8 Å². The molecule has 1 fully saturated rings. The molecule has 2 aromatic rings. The van der Waals surface area contributed by atoms with Crippen LogP contribution in [-0.4, -0.2) is 41.8 Å². The quantitative estimate of drug-likeness (QED) is 0.508. The fraction of sp³-hybridized carbons (Fsp3) is 0.444. The summed E-state index contributed by atoms with van der Waals surface area (Å²) in [6.07, 6.45) is 2.84. The van der Waals surface area contributed by atoms with E-state index in [2.05, 4.69) is 34.9 Å². The van der Waals surface area contributed by atoms with Gasteiger partial charge in [-0.1, -0.05) is 48.5 Å². The standard InChI is InChI=1S/C27H32N2O5/c1-17(10-13-26(31)32)28-25(30)15-18-11-12-19(14-18)29-27(33)34-16-24-22-8-4-2-6-20(22)21-7-3-5-9-23(21)24/h2-9,17-19,24H,10-16H2,1H3,(H,28,30)(H,29,33)(H,31,32)/t17?,18-,19+/m1/s1. The Morgan fingerprint density at radius 1 is 1.03 bits per heavy atom. The van der Waals surface area contributed by atoms with E-state index in [1.165, 1.54) is 22.3 Å². The first-order valence-corrected chi connectivity index (χ1v) is 12.0. The molecular formula is C27H32N2O5. The van der Waals surface area contributed by atoms with E-state index in [0.717, 1.165) is 19.3 Å². The van der Waals surface area contributed by atoms with E-state index < -0.39 is 12.1 Å². The highest BCUT2D eigenvalue weighted by molar-refractivity contribution is 5.79. The second kappa shape index (κ2) is 10.7. The number of alkyl carbamates (subject to hydrolysis) is 1. The van der Waals surface area contributed by atoms with E-state index in [9.17, 15) is 14.4 Å². The van der Waals surface area contributed by atoms with Crippen molar-refractivity contribution in [3.63, 3.8) is 0 Å². The van der Waals surface area contributed by atoms with Crippen molar-refractivity contribution in [3.05, 3.63) is 59.7 Å². The molecule has 2 aromatic carbocycles. The van der Waals surface area contributed by atoms with Crippen LogP contribution in [0.5, 0.6) is 0 Å². The Kier molecular flexibility index (Phi) is 7.50. The Bertz CT molecular complexity index is 1010. The smallest absolute Gasteiger partial charge is 0.407 e. The zero-order valence-corrected chi connectivity index (χ0v) is 19.5. The van der Waals surface area contributed by atoms with Gasteiger partial charge >= 0.3 is 12.1 Å². The summed E-state index contributed by atoms with van der Waals surface area (Å²) in [6.45, 7) is 2.10. The number of nitrogens with one attached hydrogen (secondary N) is 2. The van der Waals surface area contributed by atoms with Crippen LogP contribution in [0.3, 0.4) is 0 Å². The van der Waals surface area contributed by atoms with Crippen LogP contribution in [0.15, 0.2) is 48.5 Å². The topological polar surface area (TPSA) is 105 Å². The van der Waals surface area contributed by atoms with E-state index >= 15 is 0 Å². The molecule has 0 aromatic heterocycles. The van der Waals surface area contributed by atoms with Gasteiger partial charge in [-0.3, -0.25) is 9.59 Å².